The molecular weight excluding hydrogens is 586 g/mol. The van der Waals surface area contributed by atoms with Gasteiger partial charge in [-0.05, 0) is 118 Å². The summed E-state index contributed by atoms with van der Waals surface area (Å²) >= 11 is 0. The Bertz CT molecular complexity index is 1800. The topological polar surface area (TPSA) is 55.4 Å². The van der Waals surface area contributed by atoms with Crippen LogP contribution in [0.1, 0.15) is 67.2 Å². The van der Waals surface area contributed by atoms with E-state index in [1.54, 1.807) is 0 Å². The van der Waals surface area contributed by atoms with Gasteiger partial charge in [0.2, 0.25) is 0 Å². The molecule has 0 amide bonds. The van der Waals surface area contributed by atoms with Gasteiger partial charge in [-0.15, -0.1) is 0 Å². The first kappa shape index (κ1) is 31.8. The van der Waals surface area contributed by atoms with E-state index in [1.165, 1.54) is 16.2 Å². The van der Waals surface area contributed by atoms with E-state index < -0.39 is 42.9 Å². The van der Waals surface area contributed by atoms with Gasteiger partial charge in [0.15, 0.2) is 0 Å². The molecule has 8 heteroatoms. The summed E-state index contributed by atoms with van der Waals surface area (Å²) in [6.07, 6.45) is -0.712. The number of benzene rings is 5. The smallest absolute Gasteiger partial charge is 0.451 e. The van der Waals surface area contributed by atoms with Crippen molar-refractivity contribution in [2.24, 2.45) is 0 Å². The summed E-state index contributed by atoms with van der Waals surface area (Å²) in [5.41, 5.74) is 1.12. The molecule has 7 rings (SSSR count). The van der Waals surface area contributed by atoms with Crippen molar-refractivity contribution < 1.29 is 28.1 Å². The third-order valence-corrected chi connectivity index (χ3v) is 10.3. The zero-order valence-electron chi connectivity index (χ0n) is 28.5. The number of hydrogen-bond acceptors (Lipinski definition) is 6. The molecule has 2 saturated heterocycles. The van der Waals surface area contributed by atoms with Gasteiger partial charge in [-0.3, -0.25) is 0 Å². The Morgan fingerprint density at radius 2 is 0.894 bits per heavy atom. The maximum Gasteiger partial charge on any atom is 0.494 e. The van der Waals surface area contributed by atoms with Crippen LogP contribution in [0, 0.1) is 0 Å². The molecule has 47 heavy (non-hydrogen) atoms. The van der Waals surface area contributed by atoms with E-state index in [9.17, 15) is 0 Å². The van der Waals surface area contributed by atoms with Crippen LogP contribution in [0.15, 0.2) is 103 Å². The van der Waals surface area contributed by atoms with Gasteiger partial charge in [-0.25, -0.2) is 0 Å². The molecule has 5 aromatic rings. The zero-order valence-corrected chi connectivity index (χ0v) is 28.5. The van der Waals surface area contributed by atoms with Crippen LogP contribution in [-0.4, -0.2) is 36.6 Å². The molecule has 2 fully saturated rings. The largest absolute Gasteiger partial charge is 0.494 e. The van der Waals surface area contributed by atoms with Crippen LogP contribution < -0.4 is 20.4 Å². The van der Waals surface area contributed by atoms with Crippen molar-refractivity contribution in [1.82, 2.24) is 0 Å². The van der Waals surface area contributed by atoms with Crippen molar-refractivity contribution >= 4 is 46.7 Å². The van der Waals surface area contributed by atoms with E-state index in [0.717, 1.165) is 21.9 Å². The summed E-state index contributed by atoms with van der Waals surface area (Å²) in [5, 5.41) is 4.72. The fourth-order valence-corrected chi connectivity index (χ4v) is 5.95. The SMILES string of the molecule is CC1(C)OB(c2ccc(OC(Oc3ccc(B4OC(C)(C)C(C)(C)O4)cc3)c3ccc4c(ccc5ccccc54)c3)cc2)OC1(C)C. The Morgan fingerprint density at radius 1 is 0.468 bits per heavy atom. The van der Waals surface area contributed by atoms with E-state index in [-0.39, 0.29) is 0 Å². The molecule has 0 spiro atoms. The van der Waals surface area contributed by atoms with Crippen LogP contribution in [0.25, 0.3) is 21.5 Å². The van der Waals surface area contributed by atoms with Gasteiger partial charge in [0.25, 0.3) is 6.29 Å². The highest BCUT2D eigenvalue weighted by Gasteiger charge is 2.52. The van der Waals surface area contributed by atoms with Crippen molar-refractivity contribution in [3.63, 3.8) is 0 Å². The second-order valence-corrected chi connectivity index (χ2v) is 14.6. The molecule has 0 saturated carbocycles. The highest BCUT2D eigenvalue weighted by Crippen LogP contribution is 2.38. The number of hydrogen-bond donors (Lipinski definition) is 0. The van der Waals surface area contributed by atoms with Gasteiger partial charge in [0.05, 0.1) is 22.4 Å². The molecule has 2 heterocycles. The molecule has 0 unspecified atom stereocenters. The van der Waals surface area contributed by atoms with E-state index in [2.05, 4.69) is 110 Å². The molecular formula is C39H42B2O6. The molecule has 0 bridgehead atoms. The van der Waals surface area contributed by atoms with Gasteiger partial charge in [0.1, 0.15) is 11.5 Å². The first-order valence-electron chi connectivity index (χ1n) is 16.4. The number of ether oxygens (including phenoxy) is 2. The summed E-state index contributed by atoms with van der Waals surface area (Å²) in [4.78, 5) is 0. The van der Waals surface area contributed by atoms with E-state index in [0.29, 0.717) is 11.5 Å². The molecule has 6 nitrogen and oxygen atoms in total. The van der Waals surface area contributed by atoms with Gasteiger partial charge in [0, 0.05) is 5.56 Å². The summed E-state index contributed by atoms with van der Waals surface area (Å²) in [6, 6.07) is 34.8. The Hall–Kier alpha value is -3.81. The van der Waals surface area contributed by atoms with Gasteiger partial charge in [-0.1, -0.05) is 72.8 Å². The number of fused-ring (bicyclic) bond motifs is 3. The predicted molar refractivity (Wildman–Crippen MR) is 190 cm³/mol. The van der Waals surface area contributed by atoms with Crippen molar-refractivity contribution in [2.75, 3.05) is 0 Å². The lowest BCUT2D eigenvalue weighted by molar-refractivity contribution is 0.00395. The number of rotatable bonds is 7. The van der Waals surface area contributed by atoms with Crippen LogP contribution in [0.3, 0.4) is 0 Å². The molecule has 0 aromatic heterocycles. The molecule has 2 aliphatic rings. The average molecular weight is 628 g/mol. The van der Waals surface area contributed by atoms with Crippen molar-refractivity contribution in [3.05, 3.63) is 109 Å². The van der Waals surface area contributed by atoms with Crippen LogP contribution in [0.5, 0.6) is 11.5 Å². The highest BCUT2D eigenvalue weighted by molar-refractivity contribution is 6.62. The first-order valence-corrected chi connectivity index (χ1v) is 16.4. The molecule has 0 radical (unpaired) electrons. The average Bonchev–Trinajstić information content (AvgIpc) is 3.40. The zero-order chi connectivity index (χ0) is 33.2. The monoisotopic (exact) mass is 628 g/mol. The Labute approximate surface area is 278 Å². The Balaban J connectivity index is 1.17. The highest BCUT2D eigenvalue weighted by atomic mass is 16.7. The summed E-state index contributed by atoms with van der Waals surface area (Å²) in [7, 11) is -0.891. The molecule has 0 aliphatic carbocycles. The van der Waals surface area contributed by atoms with E-state index in [4.69, 9.17) is 28.1 Å². The Morgan fingerprint density at radius 3 is 1.38 bits per heavy atom. The van der Waals surface area contributed by atoms with E-state index >= 15 is 0 Å². The standard InChI is InChI=1S/C39H42B2O6/c1-36(2)37(3,4)45-40(44-36)29-16-20-31(21-17-29)42-35(28-15-24-34-27(25-28)14-13-26-11-9-10-12-33(26)34)43-32-22-18-30(19-23-32)41-46-38(5,6)39(7,8)47-41/h9-25,35H,1-8H3. The third-order valence-electron chi connectivity index (χ3n) is 10.3. The Kier molecular flexibility index (Phi) is 7.72. The normalized spacial score (nSPS) is 19.5. The molecule has 0 atom stereocenters. The minimum absolute atomic E-state index is 0.412. The minimum Gasteiger partial charge on any atom is -0.451 e. The second kappa shape index (κ2) is 11.4. The third kappa shape index (κ3) is 5.93. The maximum atomic E-state index is 6.57. The van der Waals surface area contributed by atoms with Crippen LogP contribution in [0.2, 0.25) is 0 Å². The molecule has 0 N–H and O–H groups in total. The van der Waals surface area contributed by atoms with Crippen molar-refractivity contribution in [2.45, 2.75) is 84.1 Å². The van der Waals surface area contributed by atoms with Crippen LogP contribution >= 0.6 is 0 Å². The summed E-state index contributed by atoms with van der Waals surface area (Å²) in [6.45, 7) is 16.4. The lowest BCUT2D eigenvalue weighted by Gasteiger charge is -2.32. The lowest BCUT2D eigenvalue weighted by atomic mass is 9.79. The second-order valence-electron chi connectivity index (χ2n) is 14.6. The fraction of sp³-hybridized carbons (Fsp3) is 0.333. The maximum absolute atomic E-state index is 6.57. The minimum atomic E-state index is -0.712. The van der Waals surface area contributed by atoms with Gasteiger partial charge >= 0.3 is 14.2 Å². The fourth-order valence-electron chi connectivity index (χ4n) is 5.95. The van der Waals surface area contributed by atoms with E-state index in [1.807, 2.05) is 48.5 Å². The molecule has 240 valence electrons. The summed E-state index contributed by atoms with van der Waals surface area (Å²) in [5.74, 6) is 1.34. The van der Waals surface area contributed by atoms with Crippen molar-refractivity contribution in [1.29, 1.82) is 0 Å². The van der Waals surface area contributed by atoms with Crippen LogP contribution in [-0.2, 0) is 18.6 Å². The molecule has 5 aromatic carbocycles. The van der Waals surface area contributed by atoms with Crippen LogP contribution in [0.4, 0.5) is 0 Å². The van der Waals surface area contributed by atoms with Gasteiger partial charge in [-0.2, -0.15) is 0 Å². The van der Waals surface area contributed by atoms with Crippen molar-refractivity contribution in [3.8, 4) is 11.5 Å². The lowest BCUT2D eigenvalue weighted by Crippen LogP contribution is -2.41. The quantitative estimate of drug-likeness (QED) is 0.104. The first-order chi connectivity index (χ1) is 22.2. The summed E-state index contributed by atoms with van der Waals surface area (Å²) < 4.78 is 38.2. The van der Waals surface area contributed by atoms with Gasteiger partial charge < -0.3 is 28.1 Å². The molecule has 2 aliphatic heterocycles. The predicted octanol–water partition coefficient (Wildman–Crippen LogP) is 7.75.